The number of para-hydroxylation sites is 1. The van der Waals surface area contributed by atoms with Crippen molar-refractivity contribution in [2.24, 2.45) is 0 Å². The molecule has 0 aliphatic carbocycles. The molecule has 86 valence electrons. The van der Waals surface area contributed by atoms with Crippen LogP contribution >= 0.6 is 11.8 Å². The highest BCUT2D eigenvalue weighted by atomic mass is 32.2. The summed E-state index contributed by atoms with van der Waals surface area (Å²) < 4.78 is 0. The Balaban J connectivity index is 2.95. The van der Waals surface area contributed by atoms with Gasteiger partial charge in [-0.3, -0.25) is 20.2 Å². The number of benzene rings is 1. The molecule has 0 fully saturated rings. The zero-order valence-corrected chi connectivity index (χ0v) is 9.35. The van der Waals surface area contributed by atoms with Crippen molar-refractivity contribution >= 4 is 17.4 Å². The van der Waals surface area contributed by atoms with Gasteiger partial charge in [-0.25, -0.2) is 0 Å². The summed E-state index contributed by atoms with van der Waals surface area (Å²) in [6.45, 7) is 1.68. The lowest BCUT2D eigenvalue weighted by molar-refractivity contribution is -0.495. The van der Waals surface area contributed by atoms with E-state index in [2.05, 4.69) is 0 Å². The van der Waals surface area contributed by atoms with Crippen molar-refractivity contribution in [3.8, 4) is 0 Å². The van der Waals surface area contributed by atoms with Gasteiger partial charge < -0.3 is 0 Å². The number of rotatable bonds is 5. The van der Waals surface area contributed by atoms with Gasteiger partial charge in [0.05, 0.1) is 9.82 Å². The number of thioether (sulfide) groups is 1. The van der Waals surface area contributed by atoms with E-state index in [-0.39, 0.29) is 5.69 Å². The fourth-order valence-electron chi connectivity index (χ4n) is 1.13. The maximum absolute atomic E-state index is 10.7. The van der Waals surface area contributed by atoms with Crippen molar-refractivity contribution in [1.82, 2.24) is 0 Å². The smallest absolute Gasteiger partial charge is 0.263 e. The first-order valence-corrected chi connectivity index (χ1v) is 5.47. The van der Waals surface area contributed by atoms with Gasteiger partial charge in [0, 0.05) is 17.4 Å². The molecule has 0 heterocycles. The Hall–Kier alpha value is -1.63. The molecule has 0 saturated carbocycles. The molecule has 7 heteroatoms. The van der Waals surface area contributed by atoms with E-state index in [1.165, 1.54) is 18.2 Å². The molecule has 0 aromatic heterocycles. The minimum atomic E-state index is -0.846. The fraction of sp³-hybridized carbons (Fsp3) is 0.333. The fourth-order valence-corrected chi connectivity index (χ4v) is 2.10. The van der Waals surface area contributed by atoms with Crippen LogP contribution in [0.1, 0.15) is 13.3 Å². The molecule has 0 bridgehead atoms. The highest BCUT2D eigenvalue weighted by Gasteiger charge is 2.23. The van der Waals surface area contributed by atoms with E-state index >= 15 is 0 Å². The highest BCUT2D eigenvalue weighted by molar-refractivity contribution is 7.99. The summed E-state index contributed by atoms with van der Waals surface area (Å²) in [4.78, 5) is 20.7. The Morgan fingerprint density at radius 1 is 1.31 bits per heavy atom. The molecule has 0 spiro atoms. The average Bonchev–Trinajstić information content (AvgIpc) is 2.25. The maximum Gasteiger partial charge on any atom is 0.283 e. The summed E-state index contributed by atoms with van der Waals surface area (Å²) in [5, 5.41) is 20.5. The Labute approximate surface area is 96.0 Å². The summed E-state index contributed by atoms with van der Waals surface area (Å²) in [6.07, 6.45) is 0.323. The standard InChI is InChI=1S/C9H10N2O4S/c1-2-9(11(14)15)16-8-6-4-3-5-7(8)10(12)13/h3-6,9H,2H2,1H3. The SMILES string of the molecule is CCC(Sc1ccccc1[N+](=O)[O-])[N+](=O)[O-]. The van der Waals surface area contributed by atoms with Gasteiger partial charge in [0.1, 0.15) is 0 Å². The third-order valence-electron chi connectivity index (χ3n) is 1.91. The number of hydrogen-bond donors (Lipinski definition) is 0. The van der Waals surface area contributed by atoms with Crippen molar-refractivity contribution in [2.75, 3.05) is 0 Å². The van der Waals surface area contributed by atoms with Gasteiger partial charge in [-0.05, 0) is 17.8 Å². The van der Waals surface area contributed by atoms with Crippen LogP contribution in [0, 0.1) is 20.2 Å². The summed E-state index contributed by atoms with van der Waals surface area (Å²) in [5.74, 6) is 0. The predicted octanol–water partition coefficient (Wildman–Crippen LogP) is 2.70. The molecule has 16 heavy (non-hydrogen) atoms. The minimum absolute atomic E-state index is 0.0900. The van der Waals surface area contributed by atoms with Crippen LogP contribution in [0.5, 0.6) is 0 Å². The van der Waals surface area contributed by atoms with Gasteiger partial charge in [-0.1, -0.05) is 19.1 Å². The monoisotopic (exact) mass is 242 g/mol. The molecule has 1 aromatic rings. The van der Waals surface area contributed by atoms with Gasteiger partial charge in [-0.2, -0.15) is 0 Å². The van der Waals surface area contributed by atoms with Crippen LogP contribution in [0.15, 0.2) is 29.2 Å². The lowest BCUT2D eigenvalue weighted by Gasteiger charge is -2.06. The quantitative estimate of drug-likeness (QED) is 0.343. The van der Waals surface area contributed by atoms with Crippen molar-refractivity contribution < 1.29 is 9.85 Å². The van der Waals surface area contributed by atoms with Gasteiger partial charge in [-0.15, -0.1) is 0 Å². The van der Waals surface area contributed by atoms with Gasteiger partial charge in [0.2, 0.25) is 0 Å². The van der Waals surface area contributed by atoms with E-state index in [9.17, 15) is 20.2 Å². The van der Waals surface area contributed by atoms with E-state index in [4.69, 9.17) is 0 Å². The molecule has 1 aromatic carbocycles. The second-order valence-electron chi connectivity index (χ2n) is 2.99. The van der Waals surface area contributed by atoms with E-state index in [1.807, 2.05) is 0 Å². The number of hydrogen-bond acceptors (Lipinski definition) is 5. The summed E-state index contributed by atoms with van der Waals surface area (Å²) in [5.41, 5.74) is -0.0900. The average molecular weight is 242 g/mol. The van der Waals surface area contributed by atoms with E-state index in [0.717, 1.165) is 11.8 Å². The molecule has 0 radical (unpaired) electrons. The Morgan fingerprint density at radius 3 is 2.44 bits per heavy atom. The topological polar surface area (TPSA) is 86.3 Å². The number of nitro groups is 2. The normalized spacial score (nSPS) is 12.1. The van der Waals surface area contributed by atoms with Crippen LogP contribution in [0.4, 0.5) is 5.69 Å². The Morgan fingerprint density at radius 2 is 1.94 bits per heavy atom. The van der Waals surface area contributed by atoms with Crippen LogP contribution in [-0.2, 0) is 0 Å². The first-order valence-electron chi connectivity index (χ1n) is 4.59. The zero-order chi connectivity index (χ0) is 12.1. The summed E-state index contributed by atoms with van der Waals surface area (Å²) >= 11 is 0.911. The molecule has 1 rings (SSSR count). The van der Waals surface area contributed by atoms with Crippen molar-refractivity contribution in [1.29, 1.82) is 0 Å². The predicted molar refractivity (Wildman–Crippen MR) is 60.0 cm³/mol. The lowest BCUT2D eigenvalue weighted by Crippen LogP contribution is -2.13. The van der Waals surface area contributed by atoms with Crippen molar-refractivity contribution in [3.63, 3.8) is 0 Å². The van der Waals surface area contributed by atoms with Crippen LogP contribution in [0.3, 0.4) is 0 Å². The Bertz CT molecular complexity index is 410. The first-order chi connectivity index (χ1) is 7.56. The minimum Gasteiger partial charge on any atom is -0.263 e. The van der Waals surface area contributed by atoms with Gasteiger partial charge in [0.15, 0.2) is 0 Å². The first kappa shape index (κ1) is 12.4. The Kier molecular flexibility index (Phi) is 4.24. The van der Waals surface area contributed by atoms with E-state index < -0.39 is 15.2 Å². The third-order valence-corrected chi connectivity index (χ3v) is 3.29. The molecular formula is C9H10N2O4S. The molecule has 0 saturated heterocycles. The van der Waals surface area contributed by atoms with Gasteiger partial charge >= 0.3 is 0 Å². The molecule has 0 N–H and O–H groups in total. The van der Waals surface area contributed by atoms with Crippen LogP contribution in [0.2, 0.25) is 0 Å². The maximum atomic E-state index is 10.7. The van der Waals surface area contributed by atoms with Crippen LogP contribution < -0.4 is 0 Å². The van der Waals surface area contributed by atoms with Crippen molar-refractivity contribution in [2.45, 2.75) is 23.6 Å². The summed E-state index contributed by atoms with van der Waals surface area (Å²) in [6, 6.07) is 6.03. The van der Waals surface area contributed by atoms with E-state index in [1.54, 1.807) is 13.0 Å². The third kappa shape index (κ3) is 2.93. The van der Waals surface area contributed by atoms with Crippen LogP contribution in [-0.4, -0.2) is 15.2 Å². The largest absolute Gasteiger partial charge is 0.283 e. The van der Waals surface area contributed by atoms with Crippen molar-refractivity contribution in [3.05, 3.63) is 44.5 Å². The molecule has 1 atom stereocenters. The van der Waals surface area contributed by atoms with E-state index in [0.29, 0.717) is 11.3 Å². The molecule has 0 aliphatic rings. The molecule has 6 nitrogen and oxygen atoms in total. The molecule has 1 unspecified atom stereocenters. The van der Waals surface area contributed by atoms with Gasteiger partial charge in [0.25, 0.3) is 11.1 Å². The molecule has 0 aliphatic heterocycles. The lowest BCUT2D eigenvalue weighted by atomic mass is 10.3. The number of nitrogens with zero attached hydrogens (tertiary/aromatic N) is 2. The highest BCUT2D eigenvalue weighted by Crippen LogP contribution is 2.32. The number of nitro benzene ring substituents is 1. The summed E-state index contributed by atoms with van der Waals surface area (Å²) in [7, 11) is 0. The zero-order valence-electron chi connectivity index (χ0n) is 8.53. The molecular weight excluding hydrogens is 232 g/mol. The molecule has 0 amide bonds. The second-order valence-corrected chi connectivity index (χ2v) is 4.21. The van der Waals surface area contributed by atoms with Crippen LogP contribution in [0.25, 0.3) is 0 Å². The second kappa shape index (κ2) is 5.45.